The molecule has 14 nitrogen and oxygen atoms in total. The van der Waals surface area contributed by atoms with Gasteiger partial charge in [0.15, 0.2) is 0 Å². The highest BCUT2D eigenvalue weighted by Crippen LogP contribution is 2.36. The van der Waals surface area contributed by atoms with E-state index in [-0.39, 0.29) is 64.2 Å². The van der Waals surface area contributed by atoms with Crippen molar-refractivity contribution < 1.29 is 58.8 Å². The van der Waals surface area contributed by atoms with Gasteiger partial charge in [0.1, 0.15) is 0 Å². The number of carbonyl (C=O) groups excluding carboxylic acids is 4. The molecule has 2 saturated heterocycles. The molecule has 4 N–H and O–H groups in total. The van der Waals surface area contributed by atoms with E-state index in [1.54, 1.807) is 0 Å². The molecule has 0 aromatic rings. The Bertz CT molecular complexity index is 859. The maximum absolute atomic E-state index is 12.2. The first-order chi connectivity index (χ1) is 17.8. The molecule has 0 aromatic heterocycles. The fourth-order valence-electron chi connectivity index (χ4n) is 4.33. The molecule has 14 heteroatoms. The third-order valence-corrected chi connectivity index (χ3v) is 6.13. The lowest BCUT2D eigenvalue weighted by atomic mass is 9.96. The van der Waals surface area contributed by atoms with E-state index in [2.05, 4.69) is 0 Å². The van der Waals surface area contributed by atoms with Crippen molar-refractivity contribution in [2.45, 2.75) is 102 Å². The lowest BCUT2D eigenvalue weighted by Gasteiger charge is -2.42. The summed E-state index contributed by atoms with van der Waals surface area (Å²) in [6, 6.07) is 0. The van der Waals surface area contributed by atoms with E-state index < -0.39 is 53.2 Å². The monoisotopic (exact) mass is 542 g/mol. The lowest BCUT2D eigenvalue weighted by Crippen LogP contribution is -2.68. The normalized spacial score (nSPS) is 15.5. The van der Waals surface area contributed by atoms with E-state index in [1.165, 1.54) is 0 Å². The van der Waals surface area contributed by atoms with Crippen molar-refractivity contribution in [3.8, 4) is 0 Å². The third-order valence-electron chi connectivity index (χ3n) is 6.13. The number of unbranched alkanes of at least 4 members (excludes halogenated alkanes) is 5. The van der Waals surface area contributed by atoms with Crippen molar-refractivity contribution in [2.75, 3.05) is 0 Å². The largest absolute Gasteiger partial charge is 0.481 e. The molecule has 38 heavy (non-hydrogen) atoms. The highest BCUT2D eigenvalue weighted by atomic mass is 16.4. The van der Waals surface area contributed by atoms with Gasteiger partial charge in [0.2, 0.25) is 29.3 Å². The summed E-state index contributed by atoms with van der Waals surface area (Å²) in [5.41, 5.74) is -2.38. The van der Waals surface area contributed by atoms with E-state index in [4.69, 9.17) is 15.3 Å². The highest BCUT2D eigenvalue weighted by Gasteiger charge is 2.60. The molecular weight excluding hydrogens is 508 g/mol. The zero-order valence-corrected chi connectivity index (χ0v) is 21.1. The van der Waals surface area contributed by atoms with Gasteiger partial charge in [-0.05, 0) is 25.7 Å². The number of imide groups is 2. The lowest BCUT2D eigenvalue weighted by molar-refractivity contribution is -0.184. The molecule has 2 aliphatic heterocycles. The summed E-state index contributed by atoms with van der Waals surface area (Å²) in [7, 11) is 0. The summed E-state index contributed by atoms with van der Waals surface area (Å²) in [5, 5.41) is 35.1. The molecule has 0 aliphatic carbocycles. The molecule has 2 heterocycles. The highest BCUT2D eigenvalue weighted by molar-refractivity contribution is 6.11. The number of nitrogens with zero attached hydrogens (tertiary/aromatic N) is 2. The number of rotatable bonds is 16. The van der Waals surface area contributed by atoms with Crippen LogP contribution in [0.15, 0.2) is 0 Å². The van der Waals surface area contributed by atoms with Crippen LogP contribution in [-0.4, -0.2) is 83.4 Å². The van der Waals surface area contributed by atoms with Gasteiger partial charge >= 0.3 is 23.9 Å². The number of likely N-dealkylation sites (tertiary alicyclic amines) is 2. The Morgan fingerprint density at radius 3 is 1.08 bits per heavy atom. The number of hydrogen-bond acceptors (Lipinski definition) is 8. The molecule has 2 rings (SSSR count). The number of aliphatic carboxylic acids is 4. The molecule has 0 bridgehead atoms. The first kappa shape index (κ1) is 32.2. The average molecular weight is 543 g/mol. The standard InChI is InChI=1S/C16H20N2O8.C8H14O4/c19-10-5-6-11(20)17(10)16(15(25)26,9-3-1-2-4-14(23)24)18-12(21)7-8-13(18)22;9-7(10)5-3-1-2-4-6-8(11)12/h1-9H2,(H,23,24)(H,25,26);1-6H2,(H,9,10)(H,11,12). The fourth-order valence-corrected chi connectivity index (χ4v) is 4.33. The zero-order chi connectivity index (χ0) is 28.9. The minimum Gasteiger partial charge on any atom is -0.481 e. The molecule has 0 saturated carbocycles. The van der Waals surface area contributed by atoms with Gasteiger partial charge in [0.25, 0.3) is 0 Å². The quantitative estimate of drug-likeness (QED) is 0.161. The van der Waals surface area contributed by atoms with Crippen LogP contribution in [0, 0.1) is 0 Å². The maximum atomic E-state index is 12.2. The van der Waals surface area contributed by atoms with Crippen LogP contribution in [-0.2, 0) is 38.4 Å². The zero-order valence-electron chi connectivity index (χ0n) is 21.1. The summed E-state index contributed by atoms with van der Waals surface area (Å²) in [4.78, 5) is 92.7. The van der Waals surface area contributed by atoms with Crippen LogP contribution in [0.3, 0.4) is 0 Å². The molecule has 2 fully saturated rings. The number of hydrogen-bond donors (Lipinski definition) is 4. The van der Waals surface area contributed by atoms with Crippen molar-refractivity contribution in [1.82, 2.24) is 9.80 Å². The van der Waals surface area contributed by atoms with Crippen LogP contribution in [0.25, 0.3) is 0 Å². The molecule has 0 unspecified atom stereocenters. The minimum atomic E-state index is -2.38. The van der Waals surface area contributed by atoms with Gasteiger partial charge in [-0.25, -0.2) is 14.6 Å². The van der Waals surface area contributed by atoms with Crippen LogP contribution in [0.5, 0.6) is 0 Å². The average Bonchev–Trinajstić information content (AvgIpc) is 3.34. The number of carboxylic acids is 4. The minimum absolute atomic E-state index is 0.108. The topological polar surface area (TPSA) is 224 Å². The van der Waals surface area contributed by atoms with Gasteiger partial charge in [-0.3, -0.25) is 33.6 Å². The second kappa shape index (κ2) is 15.4. The third kappa shape index (κ3) is 9.23. The van der Waals surface area contributed by atoms with E-state index in [0.717, 1.165) is 12.8 Å². The van der Waals surface area contributed by atoms with Gasteiger partial charge in [0.05, 0.1) is 0 Å². The molecule has 0 spiro atoms. The number of carbonyl (C=O) groups is 8. The van der Waals surface area contributed by atoms with Gasteiger partial charge in [-0.15, -0.1) is 0 Å². The Hall–Kier alpha value is -3.84. The first-order valence-electron chi connectivity index (χ1n) is 12.4. The molecule has 4 amide bonds. The summed E-state index contributed by atoms with van der Waals surface area (Å²) in [6.07, 6.45) is 2.86. The predicted octanol–water partition coefficient (Wildman–Crippen LogP) is 1.60. The van der Waals surface area contributed by atoms with Crippen molar-refractivity contribution >= 4 is 47.5 Å². The first-order valence-corrected chi connectivity index (χ1v) is 12.4. The second-order valence-electron chi connectivity index (χ2n) is 9.02. The molecule has 0 radical (unpaired) electrons. The Morgan fingerprint density at radius 2 is 0.816 bits per heavy atom. The smallest absolute Gasteiger partial charge is 0.351 e. The van der Waals surface area contributed by atoms with E-state index in [0.29, 0.717) is 29.1 Å². The number of amides is 4. The molecule has 2 aliphatic rings. The summed E-state index contributed by atoms with van der Waals surface area (Å²) >= 11 is 0. The summed E-state index contributed by atoms with van der Waals surface area (Å²) < 4.78 is 0. The van der Waals surface area contributed by atoms with Crippen molar-refractivity contribution in [3.05, 3.63) is 0 Å². The van der Waals surface area contributed by atoms with E-state index in [9.17, 15) is 43.5 Å². The maximum Gasteiger partial charge on any atom is 0.351 e. The van der Waals surface area contributed by atoms with Gasteiger partial charge in [0, 0.05) is 51.4 Å². The SMILES string of the molecule is O=C(O)CCCCCC(C(=O)O)(N1C(=O)CCC1=O)N1C(=O)CCC1=O.O=C(O)CCCCCCC(=O)O. The Morgan fingerprint density at radius 1 is 0.526 bits per heavy atom. The Labute approximate surface area is 218 Å². The van der Waals surface area contributed by atoms with Crippen LogP contribution in [0.1, 0.15) is 96.3 Å². The van der Waals surface area contributed by atoms with Crippen molar-refractivity contribution in [1.29, 1.82) is 0 Å². The van der Waals surface area contributed by atoms with Crippen molar-refractivity contribution in [3.63, 3.8) is 0 Å². The van der Waals surface area contributed by atoms with Crippen LogP contribution in [0.2, 0.25) is 0 Å². The van der Waals surface area contributed by atoms with Crippen LogP contribution in [0.4, 0.5) is 0 Å². The van der Waals surface area contributed by atoms with Crippen LogP contribution >= 0.6 is 0 Å². The second-order valence-corrected chi connectivity index (χ2v) is 9.02. The fraction of sp³-hybridized carbons (Fsp3) is 0.667. The van der Waals surface area contributed by atoms with Gasteiger partial charge in [-0.2, -0.15) is 0 Å². The molecule has 0 aromatic carbocycles. The van der Waals surface area contributed by atoms with Crippen LogP contribution < -0.4 is 0 Å². The number of carboxylic acid groups (broad SMARTS) is 4. The summed E-state index contributed by atoms with van der Waals surface area (Å²) in [6.45, 7) is 0. The van der Waals surface area contributed by atoms with E-state index in [1.807, 2.05) is 0 Å². The predicted molar refractivity (Wildman–Crippen MR) is 126 cm³/mol. The Balaban J connectivity index is 0.000000508. The van der Waals surface area contributed by atoms with E-state index >= 15 is 0 Å². The molecule has 212 valence electrons. The van der Waals surface area contributed by atoms with Gasteiger partial charge in [-0.1, -0.05) is 19.3 Å². The Kier molecular flexibility index (Phi) is 13.1. The van der Waals surface area contributed by atoms with Gasteiger partial charge < -0.3 is 20.4 Å². The van der Waals surface area contributed by atoms with Crippen molar-refractivity contribution in [2.24, 2.45) is 0 Å². The molecular formula is C24H34N2O12. The summed E-state index contributed by atoms with van der Waals surface area (Å²) in [5.74, 6) is -7.15. The molecule has 0 atom stereocenters.